The van der Waals surface area contributed by atoms with E-state index in [0.29, 0.717) is 5.28 Å². The highest BCUT2D eigenvalue weighted by atomic mass is 35.5. The summed E-state index contributed by atoms with van der Waals surface area (Å²) < 4.78 is 7.39. The number of aromatic nitrogens is 12. The van der Waals surface area contributed by atoms with Gasteiger partial charge < -0.3 is 22.4 Å². The summed E-state index contributed by atoms with van der Waals surface area (Å²) in [6.07, 6.45) is 11.2. The van der Waals surface area contributed by atoms with Crippen LogP contribution in [0.1, 0.15) is 0 Å². The Hall–Kier alpha value is -5.72. The maximum Gasteiger partial charge on any atom is 0.396 e. The lowest BCUT2D eigenvalue weighted by Gasteiger charge is -1.92. The molecular formula is C32H31Cl2N12+. The summed E-state index contributed by atoms with van der Waals surface area (Å²) >= 11 is 4.85. The minimum absolute atomic E-state index is 0. The molecular weight excluding hydrogens is 623 g/mol. The largest absolute Gasteiger partial charge is 1.00 e. The number of rotatable bonds is 2. The molecule has 46 heavy (non-hydrogen) atoms. The van der Waals surface area contributed by atoms with E-state index in [1.54, 1.807) is 21.8 Å². The molecule has 3 N–H and O–H groups in total. The Morgan fingerprint density at radius 1 is 0.609 bits per heavy atom. The van der Waals surface area contributed by atoms with E-state index in [1.807, 2.05) is 139 Å². The van der Waals surface area contributed by atoms with E-state index in [1.165, 1.54) is 0 Å². The number of aryl methyl sites for hydroxylation is 2. The minimum atomic E-state index is 0. The summed E-state index contributed by atoms with van der Waals surface area (Å²) in [4.78, 5) is 22.4. The van der Waals surface area contributed by atoms with Crippen LogP contribution < -0.4 is 17.1 Å². The van der Waals surface area contributed by atoms with Crippen LogP contribution in [-0.2, 0) is 14.1 Å². The van der Waals surface area contributed by atoms with Gasteiger partial charge in [-0.3, -0.25) is 9.67 Å². The molecule has 9 rings (SSSR count). The Bertz CT molecular complexity index is 2120. The van der Waals surface area contributed by atoms with Crippen molar-refractivity contribution in [1.82, 2.24) is 54.1 Å². The number of aromatic amines is 3. The van der Waals surface area contributed by atoms with Gasteiger partial charge in [0, 0.05) is 37.9 Å². The maximum absolute atomic E-state index is 4.85. The molecule has 0 aliphatic rings. The van der Waals surface area contributed by atoms with Crippen LogP contribution in [0.2, 0.25) is 5.28 Å². The van der Waals surface area contributed by atoms with Crippen molar-refractivity contribution in [3.63, 3.8) is 0 Å². The number of H-pyrrole nitrogens is 3. The lowest BCUT2D eigenvalue weighted by atomic mass is 10.3. The summed E-state index contributed by atoms with van der Waals surface area (Å²) in [7, 11) is 3.87. The molecule has 0 amide bonds. The minimum Gasteiger partial charge on any atom is -1.00 e. The predicted molar refractivity (Wildman–Crippen MR) is 170 cm³/mol. The molecule has 0 atom stereocenters. The zero-order valence-electron chi connectivity index (χ0n) is 24.9. The molecule has 0 unspecified atom stereocenters. The van der Waals surface area contributed by atoms with E-state index in [0.717, 1.165) is 45.0 Å². The second-order valence-electron chi connectivity index (χ2n) is 9.75. The highest BCUT2D eigenvalue weighted by molar-refractivity contribution is 5.76. The van der Waals surface area contributed by atoms with Crippen molar-refractivity contribution in [2.24, 2.45) is 14.1 Å². The molecule has 6 aromatic heterocycles. The van der Waals surface area contributed by atoms with Crippen LogP contribution in [0.5, 0.6) is 0 Å². The van der Waals surface area contributed by atoms with Gasteiger partial charge in [0.15, 0.2) is 24.8 Å². The van der Waals surface area contributed by atoms with Gasteiger partial charge in [0.1, 0.15) is 0 Å². The van der Waals surface area contributed by atoms with Gasteiger partial charge in [0.05, 0.1) is 39.3 Å². The first-order valence-corrected chi connectivity index (χ1v) is 14.4. The molecule has 14 heteroatoms. The first-order valence-electron chi connectivity index (χ1n) is 14.0. The van der Waals surface area contributed by atoms with Crippen molar-refractivity contribution < 1.29 is 28.7 Å². The zero-order valence-corrected chi connectivity index (χ0v) is 26.5. The van der Waals surface area contributed by atoms with Crippen LogP contribution in [-0.4, -0.2) is 54.1 Å². The van der Waals surface area contributed by atoms with E-state index in [-0.39, 0.29) is 12.4 Å². The van der Waals surface area contributed by atoms with Crippen LogP contribution in [0.15, 0.2) is 128 Å². The van der Waals surface area contributed by atoms with Crippen molar-refractivity contribution in [2.75, 3.05) is 0 Å². The maximum atomic E-state index is 4.85. The molecule has 232 valence electrons. The number of imidazole rings is 3. The average molecular weight is 655 g/mol. The highest BCUT2D eigenvalue weighted by Crippen LogP contribution is 2.13. The molecule has 0 spiro atoms. The smallest absolute Gasteiger partial charge is 0.396 e. The molecule has 0 aliphatic heterocycles. The first-order chi connectivity index (χ1) is 22.0. The molecule has 9 aromatic rings. The Balaban J connectivity index is 0.000000125. The van der Waals surface area contributed by atoms with Gasteiger partial charge in [-0.2, -0.15) is 15.2 Å². The Kier molecular flexibility index (Phi) is 10.2. The highest BCUT2D eigenvalue weighted by Gasteiger charge is 2.09. The number of nitrogens with one attached hydrogen (secondary N) is 3. The topological polar surface area (TPSA) is 130 Å². The Labute approximate surface area is 274 Å². The second kappa shape index (κ2) is 14.8. The summed E-state index contributed by atoms with van der Waals surface area (Å²) in [5.41, 5.74) is 5.97. The number of halogens is 2. The van der Waals surface area contributed by atoms with Crippen molar-refractivity contribution in [3.8, 4) is 11.9 Å². The number of nitrogens with zero attached hydrogens (tertiary/aromatic N) is 9. The fourth-order valence-electron chi connectivity index (χ4n) is 4.41. The van der Waals surface area contributed by atoms with E-state index in [2.05, 4.69) is 40.1 Å². The van der Waals surface area contributed by atoms with Crippen molar-refractivity contribution in [1.29, 1.82) is 0 Å². The SMILES string of the molecule is C[n+]1cccn1-c1nc2ccccc2[nH]1.Cn1cccn1.[Cl-].[ClH+]c1nc2ccccc2[nH]1.c1ccc2[nH]c(-n3cccn3)nc2c1. The molecule has 0 fully saturated rings. The van der Waals surface area contributed by atoms with Gasteiger partial charge in [0.25, 0.3) is 5.95 Å². The molecule has 6 heterocycles. The third kappa shape index (κ3) is 7.67. The van der Waals surface area contributed by atoms with E-state index < -0.39 is 0 Å². The quantitative estimate of drug-likeness (QED) is 0.244. The summed E-state index contributed by atoms with van der Waals surface area (Å²) in [6, 6.07) is 29.4. The summed E-state index contributed by atoms with van der Waals surface area (Å²) in [5, 5.41) is 8.49. The van der Waals surface area contributed by atoms with Crippen LogP contribution in [0.4, 0.5) is 0 Å². The Morgan fingerprint density at radius 2 is 1.15 bits per heavy atom. The number of hydrogen-bond acceptors (Lipinski definition) is 5. The van der Waals surface area contributed by atoms with Gasteiger partial charge in [-0.05, 0) is 48.5 Å². The van der Waals surface area contributed by atoms with Crippen molar-refractivity contribution in [2.45, 2.75) is 0 Å². The van der Waals surface area contributed by atoms with Crippen LogP contribution in [0, 0.1) is 11.6 Å². The summed E-state index contributed by atoms with van der Waals surface area (Å²) in [6.45, 7) is 0. The fourth-order valence-corrected chi connectivity index (χ4v) is 4.61. The molecule has 0 radical (unpaired) electrons. The van der Waals surface area contributed by atoms with Crippen molar-refractivity contribution in [3.05, 3.63) is 133 Å². The molecule has 3 aromatic carbocycles. The molecule has 0 bridgehead atoms. The zero-order chi connectivity index (χ0) is 31.0. The molecule has 0 saturated heterocycles. The number of benzene rings is 3. The van der Waals surface area contributed by atoms with Crippen molar-refractivity contribution >= 4 is 33.1 Å². The fraction of sp³-hybridized carbons (Fsp3) is 0.0625. The monoisotopic (exact) mass is 653 g/mol. The first kappa shape index (κ1) is 31.7. The normalized spacial score (nSPS) is 10.3. The van der Waals surface area contributed by atoms with Gasteiger partial charge in [-0.15, -0.1) is 4.68 Å². The Morgan fingerprint density at radius 3 is 1.63 bits per heavy atom. The van der Waals surface area contributed by atoms with E-state index in [4.69, 9.17) is 11.6 Å². The number of fused-ring (bicyclic) bond motifs is 3. The van der Waals surface area contributed by atoms with Gasteiger partial charge in [0.2, 0.25) is 5.95 Å². The van der Waals surface area contributed by atoms with E-state index >= 15 is 0 Å². The second-order valence-corrected chi connectivity index (χ2v) is 10.1. The standard InChI is InChI=1S/C11H11N4.C10H8N4.C7H6ClN2.C4H6N2.ClH/c1-14-7-4-8-15(14)11-12-9-5-2-3-6-10(9)13-11;1-2-5-9-8(4-1)12-10(13-9)14-7-3-6-11-14;8-7-9-5-3-1-2-4-6(5)10-7;1-6-4-2-3-5-6;/h2-8H,1H3,(H,12,13);1-7H,(H,12,13);1-4,8H,(H,9,10);2-4H,1H3;1H/q+1;;+1;;/p-1. The van der Waals surface area contributed by atoms with E-state index in [9.17, 15) is 0 Å². The average Bonchev–Trinajstić information content (AvgIpc) is 3.90. The molecule has 12 nitrogen and oxygen atoms in total. The third-order valence-corrected chi connectivity index (χ3v) is 6.76. The predicted octanol–water partition coefficient (Wildman–Crippen LogP) is 1.61. The number of hydrogen-bond donors (Lipinski definition) is 3. The lowest BCUT2D eigenvalue weighted by molar-refractivity contribution is -0.744. The number of para-hydroxylation sites is 6. The molecule has 0 aliphatic carbocycles. The van der Waals surface area contributed by atoms with Gasteiger partial charge >= 0.3 is 5.28 Å². The lowest BCUT2D eigenvalue weighted by Crippen LogP contribution is -3.00. The molecule has 0 saturated carbocycles. The van der Waals surface area contributed by atoms with Gasteiger partial charge in [-0.1, -0.05) is 41.1 Å². The summed E-state index contributed by atoms with van der Waals surface area (Å²) in [5.74, 6) is 1.58. The third-order valence-electron chi connectivity index (χ3n) is 6.57. The van der Waals surface area contributed by atoms with Crippen LogP contribution in [0.3, 0.4) is 0 Å². The van der Waals surface area contributed by atoms with Crippen LogP contribution >= 0.6 is 0 Å². The van der Waals surface area contributed by atoms with Crippen LogP contribution in [0.25, 0.3) is 45.0 Å². The van der Waals surface area contributed by atoms with Gasteiger partial charge in [-0.25, -0.2) is 14.6 Å².